The summed E-state index contributed by atoms with van der Waals surface area (Å²) >= 11 is 6.20. The van der Waals surface area contributed by atoms with Gasteiger partial charge in [-0.1, -0.05) is 30.2 Å². The molecule has 2 aliphatic rings. The number of hydrogen-bond donors (Lipinski definition) is 2. The molecule has 0 radical (unpaired) electrons. The Kier molecular flexibility index (Phi) is 6.49. The molecule has 2 aliphatic heterocycles. The van der Waals surface area contributed by atoms with Gasteiger partial charge < -0.3 is 19.9 Å². The van der Waals surface area contributed by atoms with Gasteiger partial charge in [-0.3, -0.25) is 4.79 Å². The van der Waals surface area contributed by atoms with E-state index in [2.05, 4.69) is 10.2 Å². The Labute approximate surface area is 187 Å². The third-order valence-electron chi connectivity index (χ3n) is 6.24. The predicted octanol–water partition coefficient (Wildman–Crippen LogP) is 4.29. The van der Waals surface area contributed by atoms with E-state index >= 15 is 0 Å². The van der Waals surface area contributed by atoms with E-state index in [1.54, 1.807) is 35.9 Å². The molecule has 6 nitrogen and oxygen atoms in total. The lowest BCUT2D eigenvalue weighted by molar-refractivity contribution is -0.133. The standard InChI is InChI=1S/C24H28ClN3O3/c1-16-20(24(30)31)21(17-7-5-8-18(25)15-17)22-19(26-16)9-14-28(23(22)29)13-6-12-27-10-3-2-4-11-27/h5,7-9,14-15,21,26H,2-4,6,10-13H2,1H3,(H,30,31). The second-order valence-electron chi connectivity index (χ2n) is 8.35. The maximum atomic E-state index is 13.5. The Morgan fingerprint density at radius 1 is 1.19 bits per heavy atom. The number of nitrogens with one attached hydrogen (secondary N) is 1. The Balaban J connectivity index is 1.68. The zero-order chi connectivity index (χ0) is 22.0. The lowest BCUT2D eigenvalue weighted by atomic mass is 9.81. The molecular weight excluding hydrogens is 414 g/mol. The third-order valence-corrected chi connectivity index (χ3v) is 6.48. The highest BCUT2D eigenvalue weighted by molar-refractivity contribution is 6.30. The van der Waals surface area contributed by atoms with Crippen LogP contribution in [0.3, 0.4) is 0 Å². The number of nitrogens with zero attached hydrogens (tertiary/aromatic N) is 2. The van der Waals surface area contributed by atoms with Gasteiger partial charge in [0.15, 0.2) is 0 Å². The van der Waals surface area contributed by atoms with Crippen molar-refractivity contribution < 1.29 is 9.90 Å². The molecule has 4 rings (SSSR count). The van der Waals surface area contributed by atoms with Gasteiger partial charge >= 0.3 is 5.97 Å². The molecule has 7 heteroatoms. The number of hydrogen-bond acceptors (Lipinski definition) is 4. The fourth-order valence-corrected chi connectivity index (χ4v) is 4.94. The quantitative estimate of drug-likeness (QED) is 0.699. The normalized spacial score (nSPS) is 19.1. The van der Waals surface area contributed by atoms with Crippen molar-refractivity contribution in [2.75, 3.05) is 25.0 Å². The van der Waals surface area contributed by atoms with E-state index in [0.717, 1.165) is 26.1 Å². The Bertz CT molecular complexity index is 1070. The molecule has 164 valence electrons. The summed E-state index contributed by atoms with van der Waals surface area (Å²) in [5, 5.41) is 13.6. The monoisotopic (exact) mass is 441 g/mol. The van der Waals surface area contributed by atoms with Crippen molar-refractivity contribution in [3.63, 3.8) is 0 Å². The van der Waals surface area contributed by atoms with Crippen LogP contribution in [0.15, 0.2) is 52.6 Å². The molecule has 1 aromatic heterocycles. The van der Waals surface area contributed by atoms with Crippen LogP contribution in [-0.2, 0) is 11.3 Å². The Morgan fingerprint density at radius 3 is 2.68 bits per heavy atom. The van der Waals surface area contributed by atoms with Gasteiger partial charge in [-0.2, -0.15) is 0 Å². The van der Waals surface area contributed by atoms with E-state index in [1.165, 1.54) is 19.3 Å². The molecule has 0 saturated carbocycles. The third kappa shape index (κ3) is 4.55. The molecule has 1 saturated heterocycles. The number of likely N-dealkylation sites (tertiary alicyclic amines) is 1. The molecule has 0 spiro atoms. The van der Waals surface area contributed by atoms with E-state index < -0.39 is 11.9 Å². The van der Waals surface area contributed by atoms with Gasteiger partial charge in [-0.05, 0) is 69.6 Å². The first kappa shape index (κ1) is 21.7. The largest absolute Gasteiger partial charge is 0.478 e. The lowest BCUT2D eigenvalue weighted by Crippen LogP contribution is -2.34. The number of halogens is 1. The number of fused-ring (bicyclic) bond motifs is 1. The van der Waals surface area contributed by atoms with Crippen LogP contribution in [0, 0.1) is 0 Å². The van der Waals surface area contributed by atoms with Gasteiger partial charge in [0.1, 0.15) is 0 Å². The number of carboxylic acids is 1. The second-order valence-corrected chi connectivity index (χ2v) is 8.79. The molecule has 1 fully saturated rings. The number of allylic oxidation sites excluding steroid dienone is 1. The Morgan fingerprint density at radius 2 is 1.97 bits per heavy atom. The number of aryl methyl sites for hydroxylation is 1. The number of carboxylic acid groups (broad SMARTS) is 1. The van der Waals surface area contributed by atoms with Crippen molar-refractivity contribution in [3.05, 3.63) is 74.3 Å². The van der Waals surface area contributed by atoms with E-state index in [0.29, 0.717) is 34.1 Å². The maximum Gasteiger partial charge on any atom is 0.334 e. The van der Waals surface area contributed by atoms with Crippen LogP contribution < -0.4 is 10.9 Å². The molecule has 0 bridgehead atoms. The van der Waals surface area contributed by atoms with Gasteiger partial charge in [0.05, 0.1) is 17.1 Å². The summed E-state index contributed by atoms with van der Waals surface area (Å²) in [6.45, 7) is 5.57. The predicted molar refractivity (Wildman–Crippen MR) is 123 cm³/mol. The second kappa shape index (κ2) is 9.28. The zero-order valence-corrected chi connectivity index (χ0v) is 18.5. The minimum atomic E-state index is -1.04. The fraction of sp³-hybridized carbons (Fsp3) is 0.417. The van der Waals surface area contributed by atoms with Gasteiger partial charge in [-0.25, -0.2) is 4.79 Å². The molecule has 31 heavy (non-hydrogen) atoms. The highest BCUT2D eigenvalue weighted by Crippen LogP contribution is 2.40. The summed E-state index contributed by atoms with van der Waals surface area (Å²) in [7, 11) is 0. The maximum absolute atomic E-state index is 13.5. The van der Waals surface area contributed by atoms with E-state index in [1.807, 2.05) is 12.1 Å². The molecule has 3 heterocycles. The minimum absolute atomic E-state index is 0.153. The van der Waals surface area contributed by atoms with Crippen LogP contribution in [0.1, 0.15) is 49.7 Å². The average Bonchev–Trinajstić information content (AvgIpc) is 2.75. The molecule has 0 amide bonds. The van der Waals surface area contributed by atoms with Crippen molar-refractivity contribution in [3.8, 4) is 0 Å². The van der Waals surface area contributed by atoms with E-state index in [-0.39, 0.29) is 11.1 Å². The number of piperidine rings is 1. The van der Waals surface area contributed by atoms with Gasteiger partial charge in [0.2, 0.25) is 0 Å². The van der Waals surface area contributed by atoms with Crippen LogP contribution >= 0.6 is 11.6 Å². The number of rotatable bonds is 6. The SMILES string of the molecule is CC1=C(C(=O)O)C(c2cccc(Cl)c2)c2c(ccn(CCCN3CCCCC3)c2=O)N1. The van der Waals surface area contributed by atoms with E-state index in [4.69, 9.17) is 11.6 Å². The molecular formula is C24H28ClN3O3. The fourth-order valence-electron chi connectivity index (χ4n) is 4.74. The van der Waals surface area contributed by atoms with Gasteiger partial charge in [0, 0.05) is 29.1 Å². The topological polar surface area (TPSA) is 74.6 Å². The van der Waals surface area contributed by atoms with Crippen molar-refractivity contribution in [2.24, 2.45) is 0 Å². The van der Waals surface area contributed by atoms with E-state index in [9.17, 15) is 14.7 Å². The molecule has 0 aliphatic carbocycles. The number of carbonyl (C=O) groups is 1. The number of benzene rings is 1. The van der Waals surface area contributed by atoms with Crippen LogP contribution in [-0.4, -0.2) is 40.2 Å². The van der Waals surface area contributed by atoms with Crippen LogP contribution in [0.5, 0.6) is 0 Å². The summed E-state index contributed by atoms with van der Waals surface area (Å²) in [6, 6.07) is 8.97. The average molecular weight is 442 g/mol. The van der Waals surface area contributed by atoms with Crippen LogP contribution in [0.25, 0.3) is 0 Å². The van der Waals surface area contributed by atoms with Crippen molar-refractivity contribution in [2.45, 2.75) is 45.1 Å². The summed E-state index contributed by atoms with van der Waals surface area (Å²) in [4.78, 5) is 28.1. The molecule has 1 atom stereocenters. The molecule has 1 unspecified atom stereocenters. The van der Waals surface area contributed by atoms with Gasteiger partial charge in [0.25, 0.3) is 5.56 Å². The van der Waals surface area contributed by atoms with Crippen LogP contribution in [0.4, 0.5) is 5.69 Å². The highest BCUT2D eigenvalue weighted by Gasteiger charge is 2.34. The first-order chi connectivity index (χ1) is 15.0. The number of pyridine rings is 1. The zero-order valence-electron chi connectivity index (χ0n) is 17.7. The van der Waals surface area contributed by atoms with Crippen molar-refractivity contribution in [1.82, 2.24) is 9.47 Å². The molecule has 2 N–H and O–H groups in total. The van der Waals surface area contributed by atoms with Crippen LogP contribution in [0.2, 0.25) is 5.02 Å². The van der Waals surface area contributed by atoms with Crippen molar-refractivity contribution in [1.29, 1.82) is 0 Å². The Hall–Kier alpha value is -2.57. The molecule has 2 aromatic rings. The summed E-state index contributed by atoms with van der Waals surface area (Å²) in [5.74, 6) is -1.71. The first-order valence-electron chi connectivity index (χ1n) is 10.9. The number of aliphatic carboxylic acids is 1. The minimum Gasteiger partial charge on any atom is -0.478 e. The summed E-state index contributed by atoms with van der Waals surface area (Å²) in [5.41, 5.74) is 2.38. The summed E-state index contributed by atoms with van der Waals surface area (Å²) < 4.78 is 1.71. The van der Waals surface area contributed by atoms with Gasteiger partial charge in [-0.15, -0.1) is 0 Å². The van der Waals surface area contributed by atoms with Crippen molar-refractivity contribution >= 4 is 23.3 Å². The lowest BCUT2D eigenvalue weighted by Gasteiger charge is -2.29. The number of aromatic nitrogens is 1. The smallest absolute Gasteiger partial charge is 0.334 e. The number of anilines is 1. The first-order valence-corrected chi connectivity index (χ1v) is 11.3. The summed E-state index contributed by atoms with van der Waals surface area (Å²) in [6.07, 6.45) is 6.48. The highest BCUT2D eigenvalue weighted by atomic mass is 35.5. The molecule has 1 aromatic carbocycles.